The van der Waals surface area contributed by atoms with Crippen molar-refractivity contribution >= 4 is 22.4 Å². The van der Waals surface area contributed by atoms with Crippen molar-refractivity contribution in [1.82, 2.24) is 10.3 Å². The van der Waals surface area contributed by atoms with Crippen molar-refractivity contribution in [2.45, 2.75) is 13.0 Å². The highest BCUT2D eigenvalue weighted by molar-refractivity contribution is 6.03. The third kappa shape index (κ3) is 2.42. The highest BCUT2D eigenvalue weighted by atomic mass is 16.2. The molecule has 4 heteroatoms. The average Bonchev–Trinajstić information content (AvgIpc) is 2.38. The Morgan fingerprint density at radius 2 is 2.18 bits per heavy atom. The van der Waals surface area contributed by atoms with Crippen LogP contribution in [0.5, 0.6) is 0 Å². The molecule has 1 heterocycles. The number of pyridine rings is 1. The zero-order chi connectivity index (χ0) is 12.3. The number of rotatable bonds is 3. The summed E-state index contributed by atoms with van der Waals surface area (Å²) in [7, 11) is 1.76. The van der Waals surface area contributed by atoms with Crippen molar-refractivity contribution in [3.05, 3.63) is 36.7 Å². The van der Waals surface area contributed by atoms with Gasteiger partial charge in [0.1, 0.15) is 0 Å². The molecule has 0 aliphatic heterocycles. The van der Waals surface area contributed by atoms with Crippen LogP contribution in [-0.2, 0) is 4.79 Å². The van der Waals surface area contributed by atoms with E-state index in [-0.39, 0.29) is 11.9 Å². The molecular formula is C13H15N3O. The maximum Gasteiger partial charge on any atom is 0.241 e. The van der Waals surface area contributed by atoms with E-state index in [1.807, 2.05) is 31.2 Å². The second-order valence-electron chi connectivity index (χ2n) is 3.90. The molecule has 1 aromatic carbocycles. The largest absolute Gasteiger partial charge is 0.324 e. The van der Waals surface area contributed by atoms with E-state index in [4.69, 9.17) is 0 Å². The smallest absolute Gasteiger partial charge is 0.241 e. The molecule has 1 unspecified atom stereocenters. The number of carbonyl (C=O) groups is 1. The number of benzene rings is 1. The Balaban J connectivity index is 2.33. The summed E-state index contributed by atoms with van der Waals surface area (Å²) in [5.41, 5.74) is 0.817. The highest BCUT2D eigenvalue weighted by Crippen LogP contribution is 2.22. The van der Waals surface area contributed by atoms with Gasteiger partial charge in [-0.3, -0.25) is 9.78 Å². The first-order valence-electron chi connectivity index (χ1n) is 5.53. The number of likely N-dealkylation sites (N-methyl/N-ethyl adjacent to an activating group) is 1. The summed E-state index contributed by atoms with van der Waals surface area (Å²) in [6, 6.07) is 7.45. The van der Waals surface area contributed by atoms with Crippen LogP contribution in [0, 0.1) is 0 Å². The van der Waals surface area contributed by atoms with E-state index >= 15 is 0 Å². The predicted molar refractivity (Wildman–Crippen MR) is 68.9 cm³/mol. The number of anilines is 1. The first-order valence-corrected chi connectivity index (χ1v) is 5.53. The summed E-state index contributed by atoms with van der Waals surface area (Å²) >= 11 is 0. The molecule has 0 spiro atoms. The zero-order valence-electron chi connectivity index (χ0n) is 9.90. The predicted octanol–water partition coefficient (Wildman–Crippen LogP) is 1.78. The van der Waals surface area contributed by atoms with Crippen LogP contribution in [-0.4, -0.2) is 24.0 Å². The quantitative estimate of drug-likeness (QED) is 0.843. The van der Waals surface area contributed by atoms with Crippen molar-refractivity contribution in [1.29, 1.82) is 0 Å². The molecule has 0 aliphatic carbocycles. The van der Waals surface area contributed by atoms with Gasteiger partial charge in [-0.05, 0) is 26.1 Å². The summed E-state index contributed by atoms with van der Waals surface area (Å²) in [6.07, 6.45) is 3.51. The van der Waals surface area contributed by atoms with Crippen LogP contribution in [0.2, 0.25) is 0 Å². The van der Waals surface area contributed by atoms with Gasteiger partial charge < -0.3 is 10.6 Å². The number of nitrogens with zero attached hydrogens (tertiary/aromatic N) is 1. The van der Waals surface area contributed by atoms with Crippen LogP contribution in [0.3, 0.4) is 0 Å². The van der Waals surface area contributed by atoms with Gasteiger partial charge in [0.15, 0.2) is 0 Å². The molecule has 0 saturated heterocycles. The van der Waals surface area contributed by atoms with Gasteiger partial charge >= 0.3 is 0 Å². The van der Waals surface area contributed by atoms with Crippen LogP contribution in [0.25, 0.3) is 10.8 Å². The number of carbonyl (C=O) groups excluding carboxylic acids is 1. The van der Waals surface area contributed by atoms with E-state index < -0.39 is 0 Å². The normalized spacial score (nSPS) is 12.4. The van der Waals surface area contributed by atoms with Crippen molar-refractivity contribution < 1.29 is 4.79 Å². The number of fused-ring (bicyclic) bond motifs is 1. The minimum Gasteiger partial charge on any atom is -0.324 e. The van der Waals surface area contributed by atoms with Gasteiger partial charge in [-0.25, -0.2) is 0 Å². The van der Waals surface area contributed by atoms with Crippen LogP contribution >= 0.6 is 0 Å². The Labute approximate surface area is 100 Å². The van der Waals surface area contributed by atoms with Gasteiger partial charge in [-0.1, -0.05) is 12.1 Å². The molecule has 0 radical (unpaired) electrons. The monoisotopic (exact) mass is 229 g/mol. The molecule has 1 atom stereocenters. The number of hydrogen-bond donors (Lipinski definition) is 2. The molecule has 1 amide bonds. The second kappa shape index (κ2) is 4.93. The Morgan fingerprint density at radius 3 is 2.94 bits per heavy atom. The molecule has 2 rings (SSSR count). The van der Waals surface area contributed by atoms with Crippen molar-refractivity contribution in [3.63, 3.8) is 0 Å². The van der Waals surface area contributed by atoms with E-state index in [1.54, 1.807) is 19.4 Å². The number of aromatic nitrogens is 1. The third-order valence-electron chi connectivity index (χ3n) is 2.76. The van der Waals surface area contributed by atoms with E-state index in [2.05, 4.69) is 15.6 Å². The van der Waals surface area contributed by atoms with Crippen LogP contribution in [0.15, 0.2) is 36.7 Å². The maximum atomic E-state index is 11.8. The van der Waals surface area contributed by atoms with E-state index in [0.717, 1.165) is 16.5 Å². The number of amides is 1. The fourth-order valence-corrected chi connectivity index (χ4v) is 1.60. The van der Waals surface area contributed by atoms with Gasteiger partial charge in [0, 0.05) is 28.9 Å². The molecule has 4 nitrogen and oxygen atoms in total. The minimum absolute atomic E-state index is 0.0446. The first-order chi connectivity index (χ1) is 8.22. The molecule has 2 aromatic rings. The molecule has 17 heavy (non-hydrogen) atoms. The SMILES string of the molecule is CNC(C)C(=O)Nc1cccc2cnccc12. The first kappa shape index (κ1) is 11.5. The van der Waals surface area contributed by atoms with Crippen LogP contribution in [0.4, 0.5) is 5.69 Å². The Bertz CT molecular complexity index is 534. The lowest BCUT2D eigenvalue weighted by atomic mass is 10.1. The zero-order valence-corrected chi connectivity index (χ0v) is 9.90. The van der Waals surface area contributed by atoms with Crippen LogP contribution < -0.4 is 10.6 Å². The van der Waals surface area contributed by atoms with Crippen LogP contribution in [0.1, 0.15) is 6.92 Å². The minimum atomic E-state index is -0.216. The lowest BCUT2D eigenvalue weighted by Crippen LogP contribution is -2.35. The Morgan fingerprint density at radius 1 is 1.35 bits per heavy atom. The Kier molecular flexibility index (Phi) is 3.35. The van der Waals surface area contributed by atoms with Gasteiger partial charge in [-0.2, -0.15) is 0 Å². The molecule has 0 aliphatic rings. The molecular weight excluding hydrogens is 214 g/mol. The summed E-state index contributed by atoms with van der Waals surface area (Å²) in [5, 5.41) is 7.83. The fraction of sp³-hybridized carbons (Fsp3) is 0.231. The molecule has 0 bridgehead atoms. The topological polar surface area (TPSA) is 54.0 Å². The summed E-state index contributed by atoms with van der Waals surface area (Å²) < 4.78 is 0. The molecule has 88 valence electrons. The average molecular weight is 229 g/mol. The van der Waals surface area contributed by atoms with Gasteiger partial charge in [0.25, 0.3) is 0 Å². The van der Waals surface area contributed by atoms with Crippen molar-refractivity contribution in [2.75, 3.05) is 12.4 Å². The van der Waals surface area contributed by atoms with Crippen molar-refractivity contribution in [2.24, 2.45) is 0 Å². The van der Waals surface area contributed by atoms with E-state index in [9.17, 15) is 4.79 Å². The van der Waals surface area contributed by atoms with Gasteiger partial charge in [-0.15, -0.1) is 0 Å². The van der Waals surface area contributed by atoms with E-state index in [1.165, 1.54) is 0 Å². The van der Waals surface area contributed by atoms with E-state index in [0.29, 0.717) is 0 Å². The maximum absolute atomic E-state index is 11.8. The lowest BCUT2D eigenvalue weighted by Gasteiger charge is -2.12. The standard InChI is InChI=1S/C13H15N3O/c1-9(14-2)13(17)16-12-5-3-4-10-8-15-7-6-11(10)12/h3-9,14H,1-2H3,(H,16,17). The third-order valence-corrected chi connectivity index (χ3v) is 2.76. The summed E-state index contributed by atoms with van der Waals surface area (Å²) in [6.45, 7) is 1.82. The number of nitrogens with one attached hydrogen (secondary N) is 2. The molecule has 2 N–H and O–H groups in total. The Hall–Kier alpha value is -1.94. The highest BCUT2D eigenvalue weighted by Gasteiger charge is 2.11. The summed E-state index contributed by atoms with van der Waals surface area (Å²) in [4.78, 5) is 15.9. The second-order valence-corrected chi connectivity index (χ2v) is 3.90. The summed E-state index contributed by atoms with van der Waals surface area (Å²) in [5.74, 6) is -0.0446. The lowest BCUT2D eigenvalue weighted by molar-refractivity contribution is -0.117. The molecule has 0 saturated carbocycles. The molecule has 1 aromatic heterocycles. The number of hydrogen-bond acceptors (Lipinski definition) is 3. The van der Waals surface area contributed by atoms with Gasteiger partial charge in [0.05, 0.1) is 6.04 Å². The van der Waals surface area contributed by atoms with Crippen molar-refractivity contribution in [3.8, 4) is 0 Å². The fourth-order valence-electron chi connectivity index (χ4n) is 1.60. The molecule has 0 fully saturated rings. The van der Waals surface area contributed by atoms with Gasteiger partial charge in [0.2, 0.25) is 5.91 Å².